The van der Waals surface area contributed by atoms with Gasteiger partial charge in [-0.3, -0.25) is 9.36 Å². The molecule has 1 amide bonds. The van der Waals surface area contributed by atoms with Crippen molar-refractivity contribution in [1.29, 1.82) is 5.26 Å². The summed E-state index contributed by atoms with van der Waals surface area (Å²) in [6.45, 7) is 3.36. The first-order valence-electron chi connectivity index (χ1n) is 8.27. The van der Waals surface area contributed by atoms with Crippen molar-refractivity contribution in [3.8, 4) is 17.7 Å². The molecule has 0 spiro atoms. The van der Waals surface area contributed by atoms with Crippen molar-refractivity contribution in [2.24, 2.45) is 0 Å². The Balaban J connectivity index is 1.88. The van der Waals surface area contributed by atoms with E-state index in [0.29, 0.717) is 11.3 Å². The fourth-order valence-electron chi connectivity index (χ4n) is 2.86. The third-order valence-electron chi connectivity index (χ3n) is 4.27. The predicted octanol–water partition coefficient (Wildman–Crippen LogP) is 3.89. The Hall–Kier alpha value is -3.53. The third kappa shape index (κ3) is 3.42. The smallest absolute Gasteiger partial charge is 0.256 e. The minimum atomic E-state index is -0.511. The second-order valence-corrected chi connectivity index (χ2v) is 6.00. The van der Waals surface area contributed by atoms with Crippen LogP contribution >= 0.6 is 0 Å². The summed E-state index contributed by atoms with van der Waals surface area (Å²) in [5.74, 6) is -0.224. The largest absolute Gasteiger partial charge is 0.494 e. The van der Waals surface area contributed by atoms with Crippen molar-refractivity contribution < 1.29 is 18.3 Å². The molecule has 0 aliphatic heterocycles. The van der Waals surface area contributed by atoms with Crippen LogP contribution in [0.3, 0.4) is 0 Å². The molecule has 0 radical (unpaired) electrons. The summed E-state index contributed by atoms with van der Waals surface area (Å²) in [5, 5.41) is 12.3. The van der Waals surface area contributed by atoms with Gasteiger partial charge in [-0.15, -0.1) is 0 Å². The number of rotatable bonds is 5. The molecule has 2 aromatic heterocycles. The van der Waals surface area contributed by atoms with E-state index >= 15 is 0 Å². The van der Waals surface area contributed by atoms with Gasteiger partial charge in [0.05, 0.1) is 13.2 Å². The number of carbonyl (C=O) groups is 1. The monoisotopic (exact) mass is 367 g/mol. The molecule has 3 rings (SSSR count). The molecule has 1 unspecified atom stereocenters. The predicted molar refractivity (Wildman–Crippen MR) is 96.3 cm³/mol. The molecule has 0 bridgehead atoms. The Morgan fingerprint density at radius 1 is 1.37 bits per heavy atom. The summed E-state index contributed by atoms with van der Waals surface area (Å²) in [5.41, 5.74) is 0.892. The van der Waals surface area contributed by atoms with Gasteiger partial charge in [-0.05, 0) is 43.7 Å². The lowest BCUT2D eigenvalue weighted by Gasteiger charge is -2.15. The average Bonchev–Trinajstić information content (AvgIpc) is 3.28. The van der Waals surface area contributed by atoms with E-state index in [1.165, 1.54) is 19.2 Å². The van der Waals surface area contributed by atoms with E-state index in [2.05, 4.69) is 5.32 Å². The zero-order chi connectivity index (χ0) is 19.6. The van der Waals surface area contributed by atoms with E-state index in [9.17, 15) is 14.4 Å². The quantitative estimate of drug-likeness (QED) is 0.742. The van der Waals surface area contributed by atoms with Crippen LogP contribution in [0.15, 0.2) is 47.1 Å². The number of nitrogens with one attached hydrogen (secondary N) is 1. The summed E-state index contributed by atoms with van der Waals surface area (Å²) >= 11 is 0. The minimum Gasteiger partial charge on any atom is -0.494 e. The fourth-order valence-corrected chi connectivity index (χ4v) is 2.86. The number of furan rings is 1. The maximum absolute atomic E-state index is 13.9. The molecule has 1 aromatic carbocycles. The Bertz CT molecular complexity index is 1020. The number of hydrogen-bond acceptors (Lipinski definition) is 4. The Morgan fingerprint density at radius 3 is 2.67 bits per heavy atom. The summed E-state index contributed by atoms with van der Waals surface area (Å²) in [4.78, 5) is 12.8. The van der Waals surface area contributed by atoms with Gasteiger partial charge in [-0.1, -0.05) is 6.07 Å². The summed E-state index contributed by atoms with van der Waals surface area (Å²) < 4.78 is 26.1. The number of nitriles is 1. The van der Waals surface area contributed by atoms with Gasteiger partial charge in [0.25, 0.3) is 5.91 Å². The average molecular weight is 367 g/mol. The molecule has 138 valence electrons. The van der Waals surface area contributed by atoms with Crippen molar-refractivity contribution in [3.63, 3.8) is 0 Å². The molecule has 3 aromatic rings. The van der Waals surface area contributed by atoms with Gasteiger partial charge >= 0.3 is 0 Å². The Labute approximate surface area is 155 Å². The number of ether oxygens (including phenoxy) is 1. The van der Waals surface area contributed by atoms with Gasteiger partial charge in [0, 0.05) is 12.4 Å². The number of methoxy groups -OCH3 is 1. The molecule has 27 heavy (non-hydrogen) atoms. The number of benzene rings is 1. The van der Waals surface area contributed by atoms with Crippen LogP contribution in [0.25, 0.3) is 5.88 Å². The van der Waals surface area contributed by atoms with Crippen LogP contribution in [0.1, 0.15) is 40.2 Å². The standard InChI is InChI=1S/C20H18FN3O3/c1-12(14-6-7-17(26-3)16(21)10-14)23-19(25)18-13(2)27-20(15(18)11-22)24-8-4-5-9-24/h4-10,12H,1-3H3,(H,23,25). The topological polar surface area (TPSA) is 80.2 Å². The van der Waals surface area contributed by atoms with E-state index in [1.807, 2.05) is 6.07 Å². The van der Waals surface area contributed by atoms with Gasteiger partial charge < -0.3 is 14.5 Å². The van der Waals surface area contributed by atoms with Crippen LogP contribution in [0.5, 0.6) is 5.75 Å². The van der Waals surface area contributed by atoms with E-state index in [4.69, 9.17) is 9.15 Å². The van der Waals surface area contributed by atoms with Crippen molar-refractivity contribution in [2.45, 2.75) is 19.9 Å². The highest BCUT2D eigenvalue weighted by Gasteiger charge is 2.25. The highest BCUT2D eigenvalue weighted by atomic mass is 19.1. The molecule has 0 aliphatic carbocycles. The Kier molecular flexibility index (Phi) is 4.99. The van der Waals surface area contributed by atoms with Crippen LogP contribution in [0, 0.1) is 24.1 Å². The highest BCUT2D eigenvalue weighted by Crippen LogP contribution is 2.27. The second-order valence-electron chi connectivity index (χ2n) is 6.00. The Morgan fingerprint density at radius 2 is 2.07 bits per heavy atom. The zero-order valence-corrected chi connectivity index (χ0v) is 15.1. The van der Waals surface area contributed by atoms with Crippen molar-refractivity contribution in [1.82, 2.24) is 9.88 Å². The first-order valence-corrected chi connectivity index (χ1v) is 8.27. The van der Waals surface area contributed by atoms with Gasteiger partial charge in [-0.25, -0.2) is 4.39 Å². The number of halogens is 1. The van der Waals surface area contributed by atoms with E-state index in [0.717, 1.165) is 0 Å². The van der Waals surface area contributed by atoms with Crippen molar-refractivity contribution >= 4 is 5.91 Å². The molecule has 0 saturated heterocycles. The van der Waals surface area contributed by atoms with Crippen molar-refractivity contribution in [2.75, 3.05) is 7.11 Å². The number of nitrogens with zero attached hydrogens (tertiary/aromatic N) is 2. The fraction of sp³-hybridized carbons (Fsp3) is 0.200. The lowest BCUT2D eigenvalue weighted by molar-refractivity contribution is 0.0938. The number of aryl methyl sites for hydroxylation is 1. The number of carbonyl (C=O) groups excluding carboxylic acids is 1. The van der Waals surface area contributed by atoms with Crippen LogP contribution in [0.2, 0.25) is 0 Å². The van der Waals surface area contributed by atoms with Crippen LogP contribution in [-0.4, -0.2) is 17.6 Å². The second kappa shape index (κ2) is 7.38. The van der Waals surface area contributed by atoms with Gasteiger partial charge in [0.2, 0.25) is 5.88 Å². The molecule has 0 aliphatic rings. The van der Waals surface area contributed by atoms with E-state index in [1.54, 1.807) is 49.0 Å². The first kappa shape index (κ1) is 18.3. The molecule has 6 nitrogen and oxygen atoms in total. The summed E-state index contributed by atoms with van der Waals surface area (Å²) in [7, 11) is 1.39. The SMILES string of the molecule is COc1ccc(C(C)NC(=O)c2c(C)oc(-n3cccc3)c2C#N)cc1F. The minimum absolute atomic E-state index is 0.131. The lowest BCUT2D eigenvalue weighted by Crippen LogP contribution is -2.27. The maximum atomic E-state index is 13.9. The third-order valence-corrected chi connectivity index (χ3v) is 4.27. The molecule has 0 saturated carbocycles. The highest BCUT2D eigenvalue weighted by molar-refractivity contribution is 5.98. The molecule has 1 atom stereocenters. The zero-order valence-electron chi connectivity index (χ0n) is 15.1. The van der Waals surface area contributed by atoms with E-state index < -0.39 is 17.8 Å². The lowest BCUT2D eigenvalue weighted by atomic mass is 10.1. The van der Waals surface area contributed by atoms with Crippen LogP contribution < -0.4 is 10.1 Å². The van der Waals surface area contributed by atoms with E-state index in [-0.39, 0.29) is 22.8 Å². The number of amides is 1. The van der Waals surface area contributed by atoms with Gasteiger partial charge in [0.1, 0.15) is 23.0 Å². The first-order chi connectivity index (χ1) is 13.0. The number of aromatic nitrogens is 1. The van der Waals surface area contributed by atoms with Gasteiger partial charge in [-0.2, -0.15) is 5.26 Å². The maximum Gasteiger partial charge on any atom is 0.256 e. The molecular formula is C20H18FN3O3. The van der Waals surface area contributed by atoms with Crippen LogP contribution in [0.4, 0.5) is 4.39 Å². The normalized spacial score (nSPS) is 11.7. The number of hydrogen-bond donors (Lipinski definition) is 1. The molecule has 1 N–H and O–H groups in total. The molecule has 7 heteroatoms. The molecular weight excluding hydrogens is 349 g/mol. The molecule has 0 fully saturated rings. The van der Waals surface area contributed by atoms with Crippen molar-refractivity contribution in [3.05, 3.63) is 71.0 Å². The van der Waals surface area contributed by atoms with Crippen LogP contribution in [-0.2, 0) is 0 Å². The summed E-state index contributed by atoms with van der Waals surface area (Å²) in [6.07, 6.45) is 3.45. The summed E-state index contributed by atoms with van der Waals surface area (Å²) in [6, 6.07) is 9.62. The molecule has 2 heterocycles. The van der Waals surface area contributed by atoms with Gasteiger partial charge in [0.15, 0.2) is 11.6 Å².